The van der Waals surface area contributed by atoms with Crippen LogP contribution in [0.1, 0.15) is 22.6 Å². The number of benzene rings is 3. The molecule has 0 aliphatic carbocycles. The summed E-state index contributed by atoms with van der Waals surface area (Å²) in [4.78, 5) is 36.6. The summed E-state index contributed by atoms with van der Waals surface area (Å²) in [6.45, 7) is 0. The smallest absolute Gasteiger partial charge is 0.331 e. The summed E-state index contributed by atoms with van der Waals surface area (Å²) >= 11 is 0. The number of nitrogens with zero attached hydrogens (tertiary/aromatic N) is 1. The van der Waals surface area contributed by atoms with Gasteiger partial charge in [-0.1, -0.05) is 78.9 Å². The third-order valence-corrected chi connectivity index (χ3v) is 5.01. The van der Waals surface area contributed by atoms with Crippen molar-refractivity contribution in [1.29, 1.82) is 0 Å². The summed E-state index contributed by atoms with van der Waals surface area (Å²) < 4.78 is 0. The Morgan fingerprint density at radius 2 is 1.37 bits per heavy atom. The second-order valence-corrected chi connectivity index (χ2v) is 6.96. The van der Waals surface area contributed by atoms with E-state index in [0.717, 1.165) is 0 Å². The lowest BCUT2D eigenvalue weighted by molar-refractivity contribution is -0.385. The van der Waals surface area contributed by atoms with E-state index in [2.05, 4.69) is 0 Å². The van der Waals surface area contributed by atoms with E-state index in [9.17, 15) is 24.8 Å². The van der Waals surface area contributed by atoms with E-state index in [1.54, 1.807) is 66.7 Å². The Kier molecular flexibility index (Phi) is 6.03. The minimum Gasteiger partial charge on any atom is -0.480 e. The van der Waals surface area contributed by atoms with Gasteiger partial charge in [0.2, 0.25) is 0 Å². The summed E-state index contributed by atoms with van der Waals surface area (Å²) in [6, 6.07) is 23.2. The maximum Gasteiger partial charge on any atom is 0.331 e. The predicted octanol–water partition coefficient (Wildman–Crippen LogP) is 3.32. The molecule has 7 heteroatoms. The van der Waals surface area contributed by atoms with E-state index >= 15 is 0 Å². The quantitative estimate of drug-likeness (QED) is 0.337. The highest BCUT2D eigenvalue weighted by Gasteiger charge is 2.47. The lowest BCUT2D eigenvalue weighted by Crippen LogP contribution is -2.58. The Hall–Kier alpha value is -3.84. The average Bonchev–Trinajstić information content (AvgIpc) is 2.75. The molecule has 0 aliphatic rings. The Balaban J connectivity index is 2.10. The Bertz CT molecular complexity index is 1030. The molecule has 0 spiro atoms. The molecule has 3 aromatic rings. The minimum absolute atomic E-state index is 0.0839. The number of aliphatic carboxylic acids is 1. The fourth-order valence-electron chi connectivity index (χ4n) is 3.45. The molecule has 30 heavy (non-hydrogen) atoms. The minimum atomic E-state index is -2.36. The summed E-state index contributed by atoms with van der Waals surface area (Å²) in [7, 11) is 0. The van der Waals surface area contributed by atoms with Crippen molar-refractivity contribution in [2.75, 3.05) is 0 Å². The molecular weight excluding hydrogens is 384 g/mol. The number of nitro groups is 1. The second kappa shape index (κ2) is 8.67. The average molecular weight is 404 g/mol. The molecule has 0 saturated carbocycles. The van der Waals surface area contributed by atoms with Gasteiger partial charge in [-0.25, -0.2) is 4.79 Å². The molecule has 0 aromatic heterocycles. The molecule has 0 heterocycles. The van der Waals surface area contributed by atoms with Crippen molar-refractivity contribution >= 4 is 17.4 Å². The molecule has 0 radical (unpaired) electrons. The van der Waals surface area contributed by atoms with E-state index in [1.165, 1.54) is 18.2 Å². The number of nitro benzene ring substituents is 1. The van der Waals surface area contributed by atoms with Gasteiger partial charge in [-0.05, 0) is 11.1 Å². The predicted molar refractivity (Wildman–Crippen MR) is 111 cm³/mol. The molecule has 0 aliphatic heterocycles. The SMILES string of the molecule is N[C@@](Cc1ccccc1[N+](=O)[O-])(C(=O)O)C(=O)C(c1ccccc1)c1ccccc1. The first kappa shape index (κ1) is 20.9. The van der Waals surface area contributed by atoms with Crippen molar-refractivity contribution in [3.63, 3.8) is 0 Å². The van der Waals surface area contributed by atoms with Gasteiger partial charge in [-0.2, -0.15) is 0 Å². The zero-order chi connectivity index (χ0) is 21.7. The zero-order valence-electron chi connectivity index (χ0n) is 16.0. The topological polar surface area (TPSA) is 124 Å². The number of hydrogen-bond acceptors (Lipinski definition) is 5. The van der Waals surface area contributed by atoms with Crippen LogP contribution in [0.25, 0.3) is 0 Å². The Labute approximate surface area is 172 Å². The summed E-state index contributed by atoms with van der Waals surface area (Å²) in [6.07, 6.45) is -0.505. The first-order valence-corrected chi connectivity index (χ1v) is 9.23. The fourth-order valence-corrected chi connectivity index (χ4v) is 3.45. The Morgan fingerprint density at radius 3 is 1.83 bits per heavy atom. The van der Waals surface area contributed by atoms with Gasteiger partial charge >= 0.3 is 5.97 Å². The van der Waals surface area contributed by atoms with Gasteiger partial charge in [0.1, 0.15) is 0 Å². The van der Waals surface area contributed by atoms with Gasteiger partial charge in [-0.3, -0.25) is 14.9 Å². The molecule has 7 nitrogen and oxygen atoms in total. The molecule has 1 atom stereocenters. The number of Topliss-reactive ketones (excluding diaryl/α,β-unsaturated/α-hetero) is 1. The van der Waals surface area contributed by atoms with Crippen molar-refractivity contribution in [2.45, 2.75) is 17.9 Å². The number of nitrogens with two attached hydrogens (primary N) is 1. The lowest BCUT2D eigenvalue weighted by atomic mass is 9.76. The number of carboxylic acid groups (broad SMARTS) is 1. The number of para-hydroxylation sites is 1. The first-order valence-electron chi connectivity index (χ1n) is 9.23. The normalized spacial score (nSPS) is 12.9. The first-order chi connectivity index (χ1) is 14.3. The highest BCUT2D eigenvalue weighted by molar-refractivity contribution is 6.11. The largest absolute Gasteiger partial charge is 0.480 e. The summed E-state index contributed by atoms with van der Waals surface area (Å²) in [5.74, 6) is -3.22. The van der Waals surface area contributed by atoms with Gasteiger partial charge in [0.05, 0.1) is 10.8 Å². The summed E-state index contributed by atoms with van der Waals surface area (Å²) in [5, 5.41) is 21.3. The molecule has 0 fully saturated rings. The van der Waals surface area contributed by atoms with Crippen LogP contribution < -0.4 is 5.73 Å². The second-order valence-electron chi connectivity index (χ2n) is 6.96. The van der Waals surface area contributed by atoms with Gasteiger partial charge < -0.3 is 10.8 Å². The highest BCUT2D eigenvalue weighted by Crippen LogP contribution is 2.32. The third-order valence-electron chi connectivity index (χ3n) is 5.01. The molecule has 3 rings (SSSR count). The number of rotatable bonds is 8. The third kappa shape index (κ3) is 4.11. The molecule has 152 valence electrons. The lowest BCUT2D eigenvalue weighted by Gasteiger charge is -2.28. The zero-order valence-corrected chi connectivity index (χ0v) is 16.0. The number of carbonyl (C=O) groups is 2. The Morgan fingerprint density at radius 1 is 0.900 bits per heavy atom. The number of ketones is 1. The van der Waals surface area contributed by atoms with Crippen LogP contribution in [0.5, 0.6) is 0 Å². The molecule has 3 aromatic carbocycles. The van der Waals surface area contributed by atoms with Crippen molar-refractivity contribution in [3.8, 4) is 0 Å². The fraction of sp³-hybridized carbons (Fsp3) is 0.130. The van der Waals surface area contributed by atoms with E-state index in [4.69, 9.17) is 5.73 Å². The van der Waals surface area contributed by atoms with Crippen LogP contribution in [-0.2, 0) is 16.0 Å². The number of hydrogen-bond donors (Lipinski definition) is 2. The van der Waals surface area contributed by atoms with Gasteiger partial charge in [0.25, 0.3) is 5.69 Å². The molecule has 3 N–H and O–H groups in total. The summed E-state index contributed by atoms with van der Waals surface area (Å²) in [5.41, 5.74) is 4.81. The van der Waals surface area contributed by atoms with Crippen LogP contribution in [0.4, 0.5) is 5.69 Å². The van der Waals surface area contributed by atoms with Crippen LogP contribution in [0.3, 0.4) is 0 Å². The maximum atomic E-state index is 13.6. The van der Waals surface area contributed by atoms with E-state index < -0.39 is 34.6 Å². The maximum absolute atomic E-state index is 13.6. The van der Waals surface area contributed by atoms with Crippen molar-refractivity contribution < 1.29 is 19.6 Å². The van der Waals surface area contributed by atoms with Crippen LogP contribution in [0.2, 0.25) is 0 Å². The number of carbonyl (C=O) groups excluding carboxylic acids is 1. The molecule has 0 saturated heterocycles. The van der Waals surface area contributed by atoms with Gasteiger partial charge in [-0.15, -0.1) is 0 Å². The monoisotopic (exact) mass is 404 g/mol. The van der Waals surface area contributed by atoms with E-state index in [1.807, 2.05) is 0 Å². The van der Waals surface area contributed by atoms with Crippen molar-refractivity contribution in [1.82, 2.24) is 0 Å². The van der Waals surface area contributed by atoms with Crippen molar-refractivity contribution in [3.05, 3.63) is 112 Å². The van der Waals surface area contributed by atoms with Crippen LogP contribution >= 0.6 is 0 Å². The van der Waals surface area contributed by atoms with Crippen LogP contribution in [-0.4, -0.2) is 27.3 Å². The molecule has 0 unspecified atom stereocenters. The molecule has 0 bridgehead atoms. The van der Waals surface area contributed by atoms with Crippen LogP contribution in [0.15, 0.2) is 84.9 Å². The van der Waals surface area contributed by atoms with Gasteiger partial charge in [0, 0.05) is 18.1 Å². The van der Waals surface area contributed by atoms with Gasteiger partial charge in [0.15, 0.2) is 11.3 Å². The molecule has 0 amide bonds. The number of carboxylic acids is 1. The van der Waals surface area contributed by atoms with Crippen molar-refractivity contribution in [2.24, 2.45) is 5.73 Å². The van der Waals surface area contributed by atoms with E-state index in [-0.39, 0.29) is 11.3 Å². The molecular formula is C23H20N2O5. The highest BCUT2D eigenvalue weighted by atomic mass is 16.6. The standard InChI is InChI=1S/C23H20N2O5/c24-23(22(27)28,15-18-13-7-8-14-19(18)25(29)30)21(26)20(16-9-3-1-4-10-16)17-11-5-2-6-12-17/h1-14,20H,15,24H2,(H,27,28)/t23-/m1/s1. The van der Waals surface area contributed by atoms with E-state index in [0.29, 0.717) is 11.1 Å². The van der Waals surface area contributed by atoms with Crippen LogP contribution in [0, 0.1) is 10.1 Å².